The van der Waals surface area contributed by atoms with Crippen molar-refractivity contribution in [1.82, 2.24) is 9.78 Å². The molecule has 2 N–H and O–H groups in total. The van der Waals surface area contributed by atoms with Gasteiger partial charge in [0.25, 0.3) is 5.91 Å². The monoisotopic (exact) mass is 399 g/mol. The fourth-order valence-corrected chi connectivity index (χ4v) is 2.90. The highest BCUT2D eigenvalue weighted by molar-refractivity contribution is 6.03. The maximum absolute atomic E-state index is 12.8. The fourth-order valence-electron chi connectivity index (χ4n) is 2.90. The van der Waals surface area contributed by atoms with Crippen LogP contribution in [0.3, 0.4) is 0 Å². The highest BCUT2D eigenvalue weighted by Gasteiger charge is 2.18. The van der Waals surface area contributed by atoms with Gasteiger partial charge in [-0.3, -0.25) is 4.79 Å². The van der Waals surface area contributed by atoms with Gasteiger partial charge in [-0.15, -0.1) is 0 Å². The topological polar surface area (TPSA) is 97.4 Å². The van der Waals surface area contributed by atoms with Crippen LogP contribution in [0.15, 0.2) is 89.6 Å². The molecule has 30 heavy (non-hydrogen) atoms. The Hall–Kier alpha value is -4.39. The van der Waals surface area contributed by atoms with Crippen molar-refractivity contribution in [2.75, 3.05) is 5.32 Å². The smallest absolute Gasteiger partial charge is 0.328 e. The summed E-state index contributed by atoms with van der Waals surface area (Å²) in [7, 11) is 0. The molecule has 0 fully saturated rings. The average molecular weight is 399 g/mol. The van der Waals surface area contributed by atoms with Gasteiger partial charge in [0.05, 0.1) is 12.0 Å². The Morgan fingerprint density at radius 3 is 2.43 bits per heavy atom. The number of amides is 1. The lowest BCUT2D eigenvalue weighted by Crippen LogP contribution is -2.13. The van der Waals surface area contributed by atoms with Gasteiger partial charge in [0, 0.05) is 17.8 Å². The number of hydrogen-bond donors (Lipinski definition) is 2. The van der Waals surface area contributed by atoms with Gasteiger partial charge in [-0.1, -0.05) is 30.3 Å². The van der Waals surface area contributed by atoms with Gasteiger partial charge in [0.15, 0.2) is 11.5 Å². The Bertz CT molecular complexity index is 1190. The SMILES string of the molecule is O=C(O)/C=C/c1ccc(NC(=O)c2cc(-c3ccco3)n(-c3ccccc3)n2)cc1. The minimum absolute atomic E-state index is 0.236. The predicted octanol–water partition coefficient (Wildman–Crippen LogP) is 4.48. The van der Waals surface area contributed by atoms with Crippen molar-refractivity contribution < 1.29 is 19.1 Å². The zero-order valence-electron chi connectivity index (χ0n) is 15.7. The number of nitrogens with one attached hydrogen (secondary N) is 1. The number of anilines is 1. The summed E-state index contributed by atoms with van der Waals surface area (Å²) < 4.78 is 7.17. The van der Waals surface area contributed by atoms with E-state index in [4.69, 9.17) is 9.52 Å². The molecule has 7 nitrogen and oxygen atoms in total. The van der Waals surface area contributed by atoms with E-state index >= 15 is 0 Å². The van der Waals surface area contributed by atoms with Crippen LogP contribution in [0.5, 0.6) is 0 Å². The van der Waals surface area contributed by atoms with Crippen molar-refractivity contribution >= 4 is 23.6 Å². The first-order valence-corrected chi connectivity index (χ1v) is 9.12. The standard InChI is InChI=1S/C23H17N3O4/c27-22(28)13-10-16-8-11-17(12-9-16)24-23(29)19-15-20(21-7-4-14-30-21)26(25-19)18-5-2-1-3-6-18/h1-15H,(H,24,29)(H,27,28)/b13-10+. The molecule has 2 heterocycles. The summed E-state index contributed by atoms with van der Waals surface area (Å²) >= 11 is 0. The molecule has 0 saturated heterocycles. The summed E-state index contributed by atoms with van der Waals surface area (Å²) in [5.74, 6) is -0.792. The minimum Gasteiger partial charge on any atom is -0.478 e. The first-order chi connectivity index (χ1) is 14.6. The number of benzene rings is 2. The zero-order chi connectivity index (χ0) is 20.9. The molecule has 2 aromatic heterocycles. The van der Waals surface area contributed by atoms with Gasteiger partial charge in [0.1, 0.15) is 5.69 Å². The minimum atomic E-state index is -1.02. The van der Waals surface area contributed by atoms with Crippen LogP contribution in [0.25, 0.3) is 23.2 Å². The Balaban J connectivity index is 1.59. The number of carbonyl (C=O) groups is 2. The molecule has 0 aliphatic heterocycles. The van der Waals surface area contributed by atoms with Crippen molar-refractivity contribution in [3.05, 3.63) is 96.4 Å². The van der Waals surface area contributed by atoms with Crippen molar-refractivity contribution in [1.29, 1.82) is 0 Å². The molecule has 0 atom stereocenters. The van der Waals surface area contributed by atoms with Gasteiger partial charge in [-0.25, -0.2) is 9.48 Å². The molecule has 0 spiro atoms. The molecule has 0 saturated carbocycles. The van der Waals surface area contributed by atoms with Crippen molar-refractivity contribution in [3.63, 3.8) is 0 Å². The first kappa shape index (κ1) is 18.9. The van der Waals surface area contributed by atoms with Gasteiger partial charge < -0.3 is 14.8 Å². The molecular formula is C23H17N3O4. The van der Waals surface area contributed by atoms with Gasteiger partial charge >= 0.3 is 5.97 Å². The van der Waals surface area contributed by atoms with Crippen molar-refractivity contribution in [2.45, 2.75) is 0 Å². The highest BCUT2D eigenvalue weighted by atomic mass is 16.4. The number of carbonyl (C=O) groups excluding carboxylic acids is 1. The number of carboxylic acid groups (broad SMARTS) is 1. The largest absolute Gasteiger partial charge is 0.478 e. The molecule has 1 amide bonds. The summed E-state index contributed by atoms with van der Waals surface area (Å²) in [6.07, 6.45) is 4.10. The van der Waals surface area contributed by atoms with E-state index in [2.05, 4.69) is 10.4 Å². The second-order valence-corrected chi connectivity index (χ2v) is 6.39. The Morgan fingerprint density at radius 2 is 1.77 bits per heavy atom. The lowest BCUT2D eigenvalue weighted by molar-refractivity contribution is -0.131. The van der Waals surface area contributed by atoms with Crippen LogP contribution in [0.4, 0.5) is 5.69 Å². The quantitative estimate of drug-likeness (QED) is 0.466. The van der Waals surface area contributed by atoms with Crippen LogP contribution in [0.1, 0.15) is 16.1 Å². The lowest BCUT2D eigenvalue weighted by atomic mass is 10.2. The Kier molecular flexibility index (Phi) is 5.25. The van der Waals surface area contributed by atoms with Crippen LogP contribution in [0.2, 0.25) is 0 Å². The number of para-hydroxylation sites is 1. The van der Waals surface area contributed by atoms with E-state index < -0.39 is 5.97 Å². The first-order valence-electron chi connectivity index (χ1n) is 9.12. The van der Waals surface area contributed by atoms with Crippen LogP contribution in [0, 0.1) is 0 Å². The average Bonchev–Trinajstić information content (AvgIpc) is 3.44. The molecule has 0 aliphatic rings. The molecule has 0 aliphatic carbocycles. The molecule has 4 rings (SSSR count). The molecule has 7 heteroatoms. The molecule has 0 unspecified atom stereocenters. The Morgan fingerprint density at radius 1 is 1.00 bits per heavy atom. The number of nitrogens with zero attached hydrogens (tertiary/aromatic N) is 2. The van der Waals surface area contributed by atoms with E-state index in [0.717, 1.165) is 11.8 Å². The number of aromatic nitrogens is 2. The van der Waals surface area contributed by atoms with E-state index in [1.165, 1.54) is 6.08 Å². The van der Waals surface area contributed by atoms with Crippen molar-refractivity contribution in [2.24, 2.45) is 0 Å². The normalized spacial score (nSPS) is 10.9. The van der Waals surface area contributed by atoms with E-state index in [-0.39, 0.29) is 11.6 Å². The number of rotatable bonds is 6. The van der Waals surface area contributed by atoms with E-state index in [1.807, 2.05) is 36.4 Å². The van der Waals surface area contributed by atoms with E-state index in [1.54, 1.807) is 47.3 Å². The lowest BCUT2D eigenvalue weighted by Gasteiger charge is -2.05. The third-order valence-electron chi connectivity index (χ3n) is 4.30. The van der Waals surface area contributed by atoms with E-state index in [9.17, 15) is 9.59 Å². The van der Waals surface area contributed by atoms with Gasteiger partial charge in [-0.2, -0.15) is 5.10 Å². The number of hydrogen-bond acceptors (Lipinski definition) is 4. The molecule has 148 valence electrons. The van der Waals surface area contributed by atoms with Gasteiger partial charge in [-0.05, 0) is 48.0 Å². The van der Waals surface area contributed by atoms with E-state index in [0.29, 0.717) is 22.7 Å². The zero-order valence-corrected chi connectivity index (χ0v) is 15.7. The molecule has 0 radical (unpaired) electrons. The molecule has 2 aromatic carbocycles. The summed E-state index contributed by atoms with van der Waals surface area (Å²) in [6.45, 7) is 0. The van der Waals surface area contributed by atoms with Crippen LogP contribution >= 0.6 is 0 Å². The summed E-state index contributed by atoms with van der Waals surface area (Å²) in [4.78, 5) is 23.4. The maximum Gasteiger partial charge on any atom is 0.328 e. The van der Waals surface area contributed by atoms with Crippen LogP contribution < -0.4 is 5.32 Å². The molecule has 4 aromatic rings. The maximum atomic E-state index is 12.8. The molecule has 0 bridgehead atoms. The second-order valence-electron chi connectivity index (χ2n) is 6.39. The second kappa shape index (κ2) is 8.32. The van der Waals surface area contributed by atoms with Crippen molar-refractivity contribution in [3.8, 4) is 17.1 Å². The number of aliphatic carboxylic acids is 1. The van der Waals surface area contributed by atoms with Gasteiger partial charge in [0.2, 0.25) is 0 Å². The van der Waals surface area contributed by atoms with Crippen LogP contribution in [-0.2, 0) is 4.79 Å². The Labute approximate surface area is 171 Å². The summed E-state index contributed by atoms with van der Waals surface area (Å²) in [5, 5.41) is 16.0. The number of furan rings is 1. The molecular weight excluding hydrogens is 382 g/mol. The summed E-state index contributed by atoms with van der Waals surface area (Å²) in [6, 6.07) is 21.5. The highest BCUT2D eigenvalue weighted by Crippen LogP contribution is 2.25. The third kappa shape index (κ3) is 4.20. The van der Waals surface area contributed by atoms with Crippen LogP contribution in [-0.4, -0.2) is 26.8 Å². The third-order valence-corrected chi connectivity index (χ3v) is 4.30. The number of carboxylic acids is 1. The fraction of sp³-hybridized carbons (Fsp3) is 0. The predicted molar refractivity (Wildman–Crippen MR) is 112 cm³/mol. The summed E-state index contributed by atoms with van der Waals surface area (Å²) in [5.41, 5.74) is 2.98.